The lowest BCUT2D eigenvalue weighted by molar-refractivity contribution is 0.289. The van der Waals surface area contributed by atoms with Crippen LogP contribution >= 0.6 is 0 Å². The maximum atomic E-state index is 12.1. The zero-order valence-electron chi connectivity index (χ0n) is 14.1. The summed E-state index contributed by atoms with van der Waals surface area (Å²) in [5, 5.41) is 0.972. The first-order valence-electron chi connectivity index (χ1n) is 8.05. The lowest BCUT2D eigenvalue weighted by Gasteiger charge is -2.31. The molecular weight excluding hydrogens is 302 g/mol. The van der Waals surface area contributed by atoms with Crippen molar-refractivity contribution in [2.24, 2.45) is 0 Å². The molecule has 1 aromatic heterocycles. The van der Waals surface area contributed by atoms with Gasteiger partial charge in [0, 0.05) is 16.6 Å². The van der Waals surface area contributed by atoms with Crippen molar-refractivity contribution >= 4 is 16.7 Å². The fraction of sp³-hybridized carbons (Fsp3) is 0.250. The molecule has 0 saturated carbocycles. The Kier molecular flexibility index (Phi) is 3.34. The van der Waals surface area contributed by atoms with Gasteiger partial charge < -0.3 is 14.1 Å². The van der Waals surface area contributed by atoms with Crippen LogP contribution in [0, 0.1) is 20.8 Å². The average molecular weight is 321 g/mol. The van der Waals surface area contributed by atoms with Gasteiger partial charge in [0.2, 0.25) is 0 Å². The van der Waals surface area contributed by atoms with Gasteiger partial charge in [0.25, 0.3) is 0 Å². The Morgan fingerprint density at radius 2 is 1.71 bits per heavy atom. The van der Waals surface area contributed by atoms with Crippen LogP contribution in [0.1, 0.15) is 22.3 Å². The number of nitrogens with zero attached hydrogens (tertiary/aromatic N) is 1. The van der Waals surface area contributed by atoms with Crippen molar-refractivity contribution in [1.82, 2.24) is 0 Å². The normalized spacial score (nSPS) is 13.7. The Labute approximate surface area is 140 Å². The van der Waals surface area contributed by atoms with Crippen LogP contribution in [-0.2, 0) is 6.54 Å². The highest BCUT2D eigenvalue weighted by molar-refractivity contribution is 5.86. The summed E-state index contributed by atoms with van der Waals surface area (Å²) in [5.74, 6) is 0.789. The van der Waals surface area contributed by atoms with Gasteiger partial charge in [-0.2, -0.15) is 0 Å². The molecule has 3 aromatic rings. The highest BCUT2D eigenvalue weighted by atomic mass is 16.5. The summed E-state index contributed by atoms with van der Waals surface area (Å²) >= 11 is 0. The fourth-order valence-electron chi connectivity index (χ4n) is 3.14. The van der Waals surface area contributed by atoms with E-state index >= 15 is 0 Å². The van der Waals surface area contributed by atoms with Crippen LogP contribution in [0.5, 0.6) is 5.75 Å². The molecule has 4 rings (SSSR count). The number of hydrogen-bond donors (Lipinski definition) is 0. The molecule has 0 radical (unpaired) electrons. The second kappa shape index (κ2) is 5.41. The summed E-state index contributed by atoms with van der Waals surface area (Å²) in [6.45, 7) is 6.97. The highest BCUT2D eigenvalue weighted by Gasteiger charge is 2.22. The number of rotatable bonds is 1. The minimum atomic E-state index is -0.277. The molecule has 1 aliphatic rings. The van der Waals surface area contributed by atoms with Gasteiger partial charge in [0.1, 0.15) is 11.3 Å². The largest absolute Gasteiger partial charge is 0.473 e. The molecule has 2 aromatic carbocycles. The molecule has 1 aliphatic heterocycles. The van der Waals surface area contributed by atoms with E-state index in [-0.39, 0.29) is 5.63 Å². The predicted octanol–water partition coefficient (Wildman–Crippen LogP) is 4.07. The third-order valence-electron chi connectivity index (χ3n) is 4.81. The van der Waals surface area contributed by atoms with Crippen LogP contribution in [0.25, 0.3) is 11.0 Å². The number of benzene rings is 2. The maximum absolute atomic E-state index is 12.1. The molecule has 0 aliphatic carbocycles. The van der Waals surface area contributed by atoms with Crippen molar-refractivity contribution in [3.63, 3.8) is 0 Å². The molecule has 2 heterocycles. The quantitative estimate of drug-likeness (QED) is 0.634. The minimum absolute atomic E-state index is 0.277. The predicted molar refractivity (Wildman–Crippen MR) is 94.8 cm³/mol. The summed E-state index contributed by atoms with van der Waals surface area (Å²) in [6.07, 6.45) is 0. The van der Waals surface area contributed by atoms with Gasteiger partial charge in [-0.05, 0) is 50.6 Å². The summed E-state index contributed by atoms with van der Waals surface area (Å²) < 4.78 is 11.5. The van der Waals surface area contributed by atoms with Crippen molar-refractivity contribution in [1.29, 1.82) is 0 Å². The van der Waals surface area contributed by atoms with Crippen LogP contribution in [-0.4, -0.2) is 6.73 Å². The van der Waals surface area contributed by atoms with E-state index in [1.54, 1.807) is 6.92 Å². The maximum Gasteiger partial charge on any atom is 0.339 e. The van der Waals surface area contributed by atoms with E-state index in [4.69, 9.17) is 9.15 Å². The number of fused-ring (bicyclic) bond motifs is 3. The topological polar surface area (TPSA) is 42.7 Å². The second-order valence-corrected chi connectivity index (χ2v) is 6.37. The van der Waals surface area contributed by atoms with Crippen molar-refractivity contribution in [3.8, 4) is 5.75 Å². The first-order valence-corrected chi connectivity index (χ1v) is 8.05. The van der Waals surface area contributed by atoms with Crippen molar-refractivity contribution in [2.45, 2.75) is 27.3 Å². The zero-order chi connectivity index (χ0) is 16.8. The fourth-order valence-corrected chi connectivity index (χ4v) is 3.14. The van der Waals surface area contributed by atoms with Crippen molar-refractivity contribution in [2.75, 3.05) is 11.6 Å². The molecule has 24 heavy (non-hydrogen) atoms. The van der Waals surface area contributed by atoms with Gasteiger partial charge in [-0.25, -0.2) is 4.79 Å². The molecule has 0 unspecified atom stereocenters. The van der Waals surface area contributed by atoms with E-state index in [9.17, 15) is 4.79 Å². The third-order valence-corrected chi connectivity index (χ3v) is 4.81. The smallest absolute Gasteiger partial charge is 0.339 e. The Balaban J connectivity index is 1.84. The lowest BCUT2D eigenvalue weighted by Crippen LogP contribution is -2.32. The minimum Gasteiger partial charge on any atom is -0.473 e. The highest BCUT2D eigenvalue weighted by Crippen LogP contribution is 2.35. The number of aryl methyl sites for hydroxylation is 2. The summed E-state index contributed by atoms with van der Waals surface area (Å²) in [4.78, 5) is 14.2. The number of anilines is 1. The first kappa shape index (κ1) is 14.8. The van der Waals surface area contributed by atoms with Gasteiger partial charge >= 0.3 is 5.63 Å². The molecule has 122 valence electrons. The van der Waals surface area contributed by atoms with Crippen molar-refractivity contribution < 1.29 is 9.15 Å². The van der Waals surface area contributed by atoms with E-state index in [2.05, 4.69) is 36.1 Å². The molecule has 0 atom stereocenters. The first-order chi connectivity index (χ1) is 11.5. The van der Waals surface area contributed by atoms with Crippen LogP contribution in [0.15, 0.2) is 45.6 Å². The van der Waals surface area contributed by atoms with Gasteiger partial charge in [0.05, 0.1) is 12.1 Å². The summed E-state index contributed by atoms with van der Waals surface area (Å²) in [5.41, 5.74) is 5.23. The molecule has 0 saturated heterocycles. The van der Waals surface area contributed by atoms with E-state index in [0.717, 1.165) is 28.0 Å². The van der Waals surface area contributed by atoms with E-state index < -0.39 is 0 Å². The molecule has 0 bridgehead atoms. The van der Waals surface area contributed by atoms with E-state index in [0.29, 0.717) is 24.4 Å². The second-order valence-electron chi connectivity index (χ2n) is 6.37. The molecule has 4 heteroatoms. The number of ether oxygens (including phenoxy) is 1. The van der Waals surface area contributed by atoms with Gasteiger partial charge in [-0.1, -0.05) is 17.7 Å². The summed E-state index contributed by atoms with van der Waals surface area (Å²) in [7, 11) is 0. The Hall–Kier alpha value is -2.75. The molecule has 0 fully saturated rings. The van der Waals surface area contributed by atoms with Gasteiger partial charge in [-0.15, -0.1) is 0 Å². The average Bonchev–Trinajstić information content (AvgIpc) is 2.60. The molecule has 0 spiro atoms. The van der Waals surface area contributed by atoms with Crippen LogP contribution in [0.3, 0.4) is 0 Å². The molecule has 0 N–H and O–H groups in total. The van der Waals surface area contributed by atoms with Gasteiger partial charge in [0.15, 0.2) is 6.73 Å². The van der Waals surface area contributed by atoms with Gasteiger partial charge in [-0.3, -0.25) is 0 Å². The van der Waals surface area contributed by atoms with Crippen LogP contribution in [0.2, 0.25) is 0 Å². The SMILES string of the molecule is Cc1ccc(N2COc3ccc4c(C)c(C)c(=O)oc4c3C2)cc1. The zero-order valence-corrected chi connectivity index (χ0v) is 14.1. The third kappa shape index (κ3) is 2.26. The van der Waals surface area contributed by atoms with E-state index in [1.165, 1.54) is 5.56 Å². The monoisotopic (exact) mass is 321 g/mol. The summed E-state index contributed by atoms with van der Waals surface area (Å²) in [6, 6.07) is 12.3. The molecule has 4 nitrogen and oxygen atoms in total. The Morgan fingerprint density at radius 1 is 0.958 bits per heavy atom. The van der Waals surface area contributed by atoms with Crippen LogP contribution in [0.4, 0.5) is 5.69 Å². The molecular formula is C20H19NO3. The Morgan fingerprint density at radius 3 is 2.46 bits per heavy atom. The van der Waals surface area contributed by atoms with Crippen molar-refractivity contribution in [3.05, 3.63) is 69.1 Å². The number of hydrogen-bond acceptors (Lipinski definition) is 4. The van der Waals surface area contributed by atoms with Crippen LogP contribution < -0.4 is 15.3 Å². The molecule has 0 amide bonds. The lowest BCUT2D eigenvalue weighted by atomic mass is 10.0. The Bertz CT molecular complexity index is 986. The van der Waals surface area contributed by atoms with E-state index in [1.807, 2.05) is 19.1 Å². The standard InChI is InChI=1S/C20H19NO3/c1-12-4-6-15(7-5-12)21-10-17-18(23-11-21)9-8-16-13(2)14(3)20(22)24-19(16)17/h4-9H,10-11H2,1-3H3.